The van der Waals surface area contributed by atoms with Gasteiger partial charge in [0.1, 0.15) is 12.4 Å². The van der Waals surface area contributed by atoms with Gasteiger partial charge in [-0.25, -0.2) is 4.98 Å². The highest BCUT2D eigenvalue weighted by atomic mass is 16.5. The van der Waals surface area contributed by atoms with Gasteiger partial charge in [-0.1, -0.05) is 6.07 Å². The maximum Gasteiger partial charge on any atom is 0.123 e. The zero-order chi connectivity index (χ0) is 13.1. The third kappa shape index (κ3) is 2.77. The number of H-pyrrole nitrogens is 1. The molecule has 5 heteroatoms. The van der Waals surface area contributed by atoms with Crippen molar-refractivity contribution >= 4 is 0 Å². The number of hydrogen-bond acceptors (Lipinski definition) is 4. The van der Waals surface area contributed by atoms with E-state index in [-0.39, 0.29) is 6.61 Å². The first kappa shape index (κ1) is 12.2. The van der Waals surface area contributed by atoms with Crippen LogP contribution in [0.5, 0.6) is 5.75 Å². The van der Waals surface area contributed by atoms with Crippen molar-refractivity contribution in [3.8, 4) is 5.75 Å². The number of hydrogen-bond donors (Lipinski definition) is 2. The largest absolute Gasteiger partial charge is 0.492 e. The van der Waals surface area contributed by atoms with Gasteiger partial charge < -0.3 is 14.8 Å². The molecule has 0 aliphatic carbocycles. The molecule has 2 N–H and O–H groups in total. The number of fused-ring (bicyclic) bond motifs is 1. The van der Waals surface area contributed by atoms with E-state index < -0.39 is 0 Å². The molecule has 1 aromatic heterocycles. The van der Waals surface area contributed by atoms with Crippen LogP contribution in [0.15, 0.2) is 30.7 Å². The molecule has 100 valence electrons. The van der Waals surface area contributed by atoms with Gasteiger partial charge in [0.2, 0.25) is 0 Å². The van der Waals surface area contributed by atoms with Crippen LogP contribution in [0.25, 0.3) is 0 Å². The number of aliphatic hydroxyl groups is 1. The van der Waals surface area contributed by atoms with Gasteiger partial charge in [0.15, 0.2) is 0 Å². The Kier molecular flexibility index (Phi) is 3.48. The first-order valence-corrected chi connectivity index (χ1v) is 6.40. The van der Waals surface area contributed by atoms with Gasteiger partial charge in [-0.2, -0.15) is 0 Å². The second-order valence-electron chi connectivity index (χ2n) is 4.74. The molecule has 1 aliphatic heterocycles. The number of aromatic nitrogens is 2. The number of rotatable bonds is 3. The molecule has 0 saturated heterocycles. The van der Waals surface area contributed by atoms with Crippen molar-refractivity contribution in [2.45, 2.75) is 19.7 Å². The van der Waals surface area contributed by atoms with Crippen molar-refractivity contribution in [2.75, 3.05) is 13.2 Å². The lowest BCUT2D eigenvalue weighted by Crippen LogP contribution is -2.25. The molecule has 0 fully saturated rings. The maximum atomic E-state index is 9.22. The summed E-state index contributed by atoms with van der Waals surface area (Å²) < 4.78 is 5.75. The van der Waals surface area contributed by atoms with Crippen LogP contribution in [-0.4, -0.2) is 33.1 Å². The molecule has 0 atom stereocenters. The number of nitrogens with one attached hydrogen (secondary N) is 1. The van der Waals surface area contributed by atoms with E-state index in [9.17, 15) is 5.11 Å². The van der Waals surface area contributed by atoms with Crippen LogP contribution in [0.1, 0.15) is 16.8 Å². The Balaban J connectivity index is 1.79. The van der Waals surface area contributed by atoms with E-state index in [2.05, 4.69) is 14.9 Å². The molecule has 0 bridgehead atoms. The van der Waals surface area contributed by atoms with Crippen molar-refractivity contribution in [2.24, 2.45) is 0 Å². The molecule has 2 heterocycles. The Morgan fingerprint density at radius 3 is 3.16 bits per heavy atom. The first-order valence-electron chi connectivity index (χ1n) is 6.40. The predicted molar refractivity (Wildman–Crippen MR) is 70.6 cm³/mol. The van der Waals surface area contributed by atoms with Crippen LogP contribution in [-0.2, 0) is 19.7 Å². The Labute approximate surface area is 111 Å². The zero-order valence-electron chi connectivity index (χ0n) is 10.7. The minimum Gasteiger partial charge on any atom is -0.492 e. The Bertz CT molecular complexity index is 540. The minimum absolute atomic E-state index is 0.0633. The zero-order valence-corrected chi connectivity index (χ0v) is 10.7. The summed E-state index contributed by atoms with van der Waals surface area (Å²) in [6, 6.07) is 5.87. The monoisotopic (exact) mass is 259 g/mol. The summed E-state index contributed by atoms with van der Waals surface area (Å²) in [6.45, 7) is 3.27. The van der Waals surface area contributed by atoms with E-state index in [4.69, 9.17) is 4.74 Å². The molecule has 0 amide bonds. The van der Waals surface area contributed by atoms with E-state index in [1.54, 1.807) is 6.33 Å². The van der Waals surface area contributed by atoms with Crippen molar-refractivity contribution < 1.29 is 9.84 Å². The summed E-state index contributed by atoms with van der Waals surface area (Å²) in [5.41, 5.74) is 3.15. The number of aliphatic hydroxyl groups excluding tert-OH is 1. The van der Waals surface area contributed by atoms with Crippen LogP contribution >= 0.6 is 0 Å². The van der Waals surface area contributed by atoms with Crippen LogP contribution in [0.4, 0.5) is 0 Å². The Hall–Kier alpha value is -1.85. The highest BCUT2D eigenvalue weighted by Gasteiger charge is 2.16. The number of nitrogens with zero attached hydrogens (tertiary/aromatic N) is 2. The van der Waals surface area contributed by atoms with Gasteiger partial charge in [-0.05, 0) is 17.7 Å². The van der Waals surface area contributed by atoms with Gasteiger partial charge in [0.25, 0.3) is 0 Å². The lowest BCUT2D eigenvalue weighted by atomic mass is 10.1. The van der Waals surface area contributed by atoms with Gasteiger partial charge >= 0.3 is 0 Å². The molecule has 0 spiro atoms. The van der Waals surface area contributed by atoms with Crippen molar-refractivity contribution in [3.05, 3.63) is 47.5 Å². The molecule has 0 radical (unpaired) electrons. The molecule has 1 aliphatic rings. The van der Waals surface area contributed by atoms with Crippen LogP contribution in [0, 0.1) is 0 Å². The fourth-order valence-corrected chi connectivity index (χ4v) is 2.35. The smallest absolute Gasteiger partial charge is 0.123 e. The number of ether oxygens (including phenoxy) is 1. The number of aromatic amines is 1. The molecular formula is C14H17N3O2. The fourth-order valence-electron chi connectivity index (χ4n) is 2.35. The molecule has 0 saturated carbocycles. The Morgan fingerprint density at radius 2 is 2.37 bits per heavy atom. The van der Waals surface area contributed by atoms with Gasteiger partial charge in [0, 0.05) is 37.1 Å². The fraction of sp³-hybridized carbons (Fsp3) is 0.357. The summed E-state index contributed by atoms with van der Waals surface area (Å²) in [4.78, 5) is 9.46. The molecule has 2 aromatic rings. The quantitative estimate of drug-likeness (QED) is 0.872. The van der Waals surface area contributed by atoms with E-state index >= 15 is 0 Å². The van der Waals surface area contributed by atoms with Crippen LogP contribution in [0.2, 0.25) is 0 Å². The summed E-state index contributed by atoms with van der Waals surface area (Å²) in [7, 11) is 0. The van der Waals surface area contributed by atoms with Gasteiger partial charge in [0.05, 0.1) is 12.9 Å². The van der Waals surface area contributed by atoms with Crippen LogP contribution < -0.4 is 4.74 Å². The second kappa shape index (κ2) is 5.42. The van der Waals surface area contributed by atoms with Crippen molar-refractivity contribution in [1.82, 2.24) is 14.9 Å². The second-order valence-corrected chi connectivity index (χ2v) is 4.74. The third-order valence-electron chi connectivity index (χ3n) is 3.32. The SMILES string of the molecule is OCc1ccc2c(c1)CN(Cc1cnc[nH]1)CCO2. The highest BCUT2D eigenvalue weighted by Crippen LogP contribution is 2.25. The van der Waals surface area contributed by atoms with E-state index in [0.717, 1.165) is 42.2 Å². The predicted octanol–water partition coefficient (Wildman–Crippen LogP) is 1.30. The number of imidazole rings is 1. The average Bonchev–Trinajstić information content (AvgIpc) is 2.84. The summed E-state index contributed by atoms with van der Waals surface area (Å²) in [6.07, 6.45) is 3.54. The molecule has 1 aromatic carbocycles. The Morgan fingerprint density at radius 1 is 1.42 bits per heavy atom. The van der Waals surface area contributed by atoms with Crippen molar-refractivity contribution in [1.29, 1.82) is 0 Å². The lowest BCUT2D eigenvalue weighted by molar-refractivity contribution is 0.218. The average molecular weight is 259 g/mol. The summed E-state index contributed by atoms with van der Waals surface area (Å²) in [5, 5.41) is 9.22. The van der Waals surface area contributed by atoms with Gasteiger partial charge in [-0.15, -0.1) is 0 Å². The molecule has 0 unspecified atom stereocenters. The molecule has 3 rings (SSSR count). The van der Waals surface area contributed by atoms with Crippen molar-refractivity contribution in [3.63, 3.8) is 0 Å². The van der Waals surface area contributed by atoms with E-state index in [0.29, 0.717) is 6.61 Å². The van der Waals surface area contributed by atoms with Crippen LogP contribution in [0.3, 0.4) is 0 Å². The summed E-state index contributed by atoms with van der Waals surface area (Å²) in [5.74, 6) is 0.921. The molecular weight excluding hydrogens is 242 g/mol. The minimum atomic E-state index is 0.0633. The van der Waals surface area contributed by atoms with Gasteiger partial charge in [-0.3, -0.25) is 4.90 Å². The lowest BCUT2D eigenvalue weighted by Gasteiger charge is -2.18. The standard InChI is InChI=1S/C14H17N3O2/c18-9-11-1-2-14-12(5-11)7-17(3-4-19-14)8-13-6-15-10-16-13/h1-2,5-6,10,18H,3-4,7-9H2,(H,15,16). The maximum absolute atomic E-state index is 9.22. The number of benzene rings is 1. The van der Waals surface area contributed by atoms with E-state index in [1.165, 1.54) is 0 Å². The van der Waals surface area contributed by atoms with E-state index in [1.807, 2.05) is 24.4 Å². The normalized spacial score (nSPS) is 15.6. The molecule has 19 heavy (non-hydrogen) atoms. The summed E-state index contributed by atoms with van der Waals surface area (Å²) >= 11 is 0. The first-order chi connectivity index (χ1) is 9.35. The molecule has 5 nitrogen and oxygen atoms in total. The highest BCUT2D eigenvalue weighted by molar-refractivity contribution is 5.37. The topological polar surface area (TPSA) is 61.4 Å². The third-order valence-corrected chi connectivity index (χ3v) is 3.32.